The molecule has 1 fully saturated rings. The summed E-state index contributed by atoms with van der Waals surface area (Å²) in [4.78, 5) is 19.8. The highest BCUT2D eigenvalue weighted by Gasteiger charge is 2.18. The van der Waals surface area contributed by atoms with Crippen LogP contribution in [0.3, 0.4) is 0 Å². The number of halogens is 1. The Kier molecular flexibility index (Phi) is 4.76. The maximum absolute atomic E-state index is 12.8. The van der Waals surface area contributed by atoms with Crippen molar-refractivity contribution in [1.82, 2.24) is 4.98 Å². The van der Waals surface area contributed by atoms with E-state index in [0.717, 1.165) is 29.7 Å². The number of amides is 1. The fourth-order valence-corrected chi connectivity index (χ4v) is 3.67. The fraction of sp³-hybridized carbons (Fsp3) is 0.238. The van der Waals surface area contributed by atoms with Crippen molar-refractivity contribution in [1.29, 1.82) is 0 Å². The summed E-state index contributed by atoms with van der Waals surface area (Å²) < 4.78 is 0. The predicted molar refractivity (Wildman–Crippen MR) is 107 cm³/mol. The molecule has 1 aromatic heterocycles. The SMILES string of the molecule is O=C(Nc1cccc(Cl)c1)c1cnc(N2CCCCC2)c2ccccc12. The Balaban J connectivity index is 1.70. The molecular weight excluding hydrogens is 346 g/mol. The number of carbonyl (C=O) groups excluding carboxylic acids is 1. The van der Waals surface area contributed by atoms with Crippen LogP contribution in [0.5, 0.6) is 0 Å². The van der Waals surface area contributed by atoms with Crippen LogP contribution < -0.4 is 10.2 Å². The third-order valence-electron chi connectivity index (χ3n) is 4.76. The number of hydrogen-bond acceptors (Lipinski definition) is 3. The van der Waals surface area contributed by atoms with E-state index >= 15 is 0 Å². The van der Waals surface area contributed by atoms with Gasteiger partial charge in [0.2, 0.25) is 0 Å². The Labute approximate surface area is 157 Å². The van der Waals surface area contributed by atoms with Gasteiger partial charge in [-0.15, -0.1) is 0 Å². The second-order valence-corrected chi connectivity index (χ2v) is 6.99. The van der Waals surface area contributed by atoms with E-state index in [2.05, 4.69) is 15.2 Å². The highest BCUT2D eigenvalue weighted by atomic mass is 35.5. The van der Waals surface area contributed by atoms with Crippen molar-refractivity contribution in [3.8, 4) is 0 Å². The molecule has 1 aliphatic rings. The van der Waals surface area contributed by atoms with Crippen molar-refractivity contribution in [2.24, 2.45) is 0 Å². The van der Waals surface area contributed by atoms with E-state index in [1.807, 2.05) is 36.4 Å². The number of aromatic nitrogens is 1. The number of rotatable bonds is 3. The van der Waals surface area contributed by atoms with Crippen LogP contribution in [0.2, 0.25) is 5.02 Å². The van der Waals surface area contributed by atoms with Crippen LogP contribution in [0.15, 0.2) is 54.7 Å². The lowest BCUT2D eigenvalue weighted by Crippen LogP contribution is -2.30. The Bertz CT molecular complexity index is 951. The molecule has 0 spiro atoms. The van der Waals surface area contributed by atoms with Crippen LogP contribution in [0.25, 0.3) is 10.8 Å². The van der Waals surface area contributed by atoms with Crippen molar-refractivity contribution >= 4 is 39.8 Å². The molecule has 0 radical (unpaired) electrons. The average molecular weight is 366 g/mol. The monoisotopic (exact) mass is 365 g/mol. The Morgan fingerprint density at radius 3 is 2.54 bits per heavy atom. The quantitative estimate of drug-likeness (QED) is 0.699. The van der Waals surface area contributed by atoms with E-state index in [0.29, 0.717) is 16.3 Å². The van der Waals surface area contributed by atoms with E-state index in [1.165, 1.54) is 19.3 Å². The summed E-state index contributed by atoms with van der Waals surface area (Å²) in [6.07, 6.45) is 5.33. The number of nitrogens with zero attached hydrogens (tertiary/aromatic N) is 2. The fourth-order valence-electron chi connectivity index (χ4n) is 3.48. The van der Waals surface area contributed by atoms with Gasteiger partial charge in [-0.05, 0) is 42.8 Å². The van der Waals surface area contributed by atoms with Crippen molar-refractivity contribution in [3.05, 3.63) is 65.3 Å². The molecule has 1 saturated heterocycles. The first-order chi connectivity index (χ1) is 12.7. The second-order valence-electron chi connectivity index (χ2n) is 6.55. The molecule has 2 heterocycles. The molecule has 1 N–H and O–H groups in total. The minimum absolute atomic E-state index is 0.179. The van der Waals surface area contributed by atoms with Gasteiger partial charge >= 0.3 is 0 Å². The first-order valence-electron chi connectivity index (χ1n) is 8.92. The van der Waals surface area contributed by atoms with E-state index in [-0.39, 0.29) is 5.91 Å². The second kappa shape index (κ2) is 7.34. The van der Waals surface area contributed by atoms with Gasteiger partial charge in [0.1, 0.15) is 5.82 Å². The van der Waals surface area contributed by atoms with Crippen LogP contribution >= 0.6 is 11.6 Å². The van der Waals surface area contributed by atoms with Crippen molar-refractivity contribution in [3.63, 3.8) is 0 Å². The van der Waals surface area contributed by atoms with Crippen LogP contribution in [-0.4, -0.2) is 24.0 Å². The summed E-state index contributed by atoms with van der Waals surface area (Å²) >= 11 is 6.01. The summed E-state index contributed by atoms with van der Waals surface area (Å²) in [6.45, 7) is 2.04. The summed E-state index contributed by atoms with van der Waals surface area (Å²) in [5.41, 5.74) is 1.24. The van der Waals surface area contributed by atoms with Gasteiger partial charge in [0, 0.05) is 35.4 Å². The number of hydrogen-bond donors (Lipinski definition) is 1. The average Bonchev–Trinajstić information content (AvgIpc) is 2.68. The van der Waals surface area contributed by atoms with Crippen molar-refractivity contribution < 1.29 is 4.79 Å². The summed E-state index contributed by atoms with van der Waals surface area (Å²) in [5, 5.41) is 5.44. The molecule has 4 nitrogen and oxygen atoms in total. The van der Waals surface area contributed by atoms with E-state index in [1.54, 1.807) is 18.3 Å². The topological polar surface area (TPSA) is 45.2 Å². The molecule has 3 aromatic rings. The molecule has 132 valence electrons. The molecule has 0 bridgehead atoms. The minimum Gasteiger partial charge on any atom is -0.356 e. The molecule has 2 aromatic carbocycles. The number of carbonyl (C=O) groups is 1. The van der Waals surface area contributed by atoms with Gasteiger partial charge in [-0.25, -0.2) is 4.98 Å². The standard InChI is InChI=1S/C21H20ClN3O/c22-15-7-6-8-16(13-15)24-21(26)19-14-23-20(25-11-4-1-5-12-25)18-10-3-2-9-17(18)19/h2-3,6-10,13-14H,1,4-5,11-12H2,(H,24,26). The number of benzene rings is 2. The lowest BCUT2D eigenvalue weighted by atomic mass is 10.0. The highest BCUT2D eigenvalue weighted by Crippen LogP contribution is 2.29. The highest BCUT2D eigenvalue weighted by molar-refractivity contribution is 6.31. The maximum Gasteiger partial charge on any atom is 0.257 e. The van der Waals surface area contributed by atoms with E-state index < -0.39 is 0 Å². The number of piperidine rings is 1. The number of anilines is 2. The number of pyridine rings is 1. The summed E-state index contributed by atoms with van der Waals surface area (Å²) in [6, 6.07) is 15.1. The zero-order valence-electron chi connectivity index (χ0n) is 14.4. The lowest BCUT2D eigenvalue weighted by molar-refractivity contribution is 0.102. The van der Waals surface area contributed by atoms with Gasteiger partial charge in [0.05, 0.1) is 5.56 Å². The van der Waals surface area contributed by atoms with Gasteiger partial charge in [-0.3, -0.25) is 4.79 Å². The zero-order chi connectivity index (χ0) is 17.9. The Hall–Kier alpha value is -2.59. The van der Waals surface area contributed by atoms with Crippen LogP contribution in [0.1, 0.15) is 29.6 Å². The third-order valence-corrected chi connectivity index (χ3v) is 4.99. The first kappa shape index (κ1) is 16.9. The zero-order valence-corrected chi connectivity index (χ0v) is 15.2. The molecule has 1 amide bonds. The van der Waals surface area contributed by atoms with Gasteiger partial charge in [-0.1, -0.05) is 41.9 Å². The molecule has 1 aliphatic heterocycles. The third kappa shape index (κ3) is 3.37. The number of nitrogens with one attached hydrogen (secondary N) is 1. The molecule has 26 heavy (non-hydrogen) atoms. The van der Waals surface area contributed by atoms with Crippen molar-refractivity contribution in [2.75, 3.05) is 23.3 Å². The molecule has 0 unspecified atom stereocenters. The Morgan fingerprint density at radius 2 is 1.77 bits per heavy atom. The van der Waals surface area contributed by atoms with Gasteiger partial charge in [0.15, 0.2) is 0 Å². The largest absolute Gasteiger partial charge is 0.356 e. The normalized spacial score (nSPS) is 14.4. The van der Waals surface area contributed by atoms with Gasteiger partial charge in [-0.2, -0.15) is 0 Å². The van der Waals surface area contributed by atoms with Crippen LogP contribution in [0.4, 0.5) is 11.5 Å². The molecule has 0 aliphatic carbocycles. The summed E-state index contributed by atoms with van der Waals surface area (Å²) in [5.74, 6) is 0.792. The maximum atomic E-state index is 12.8. The lowest BCUT2D eigenvalue weighted by Gasteiger charge is -2.29. The smallest absolute Gasteiger partial charge is 0.257 e. The first-order valence-corrected chi connectivity index (χ1v) is 9.30. The summed E-state index contributed by atoms with van der Waals surface area (Å²) in [7, 11) is 0. The van der Waals surface area contributed by atoms with Crippen LogP contribution in [0, 0.1) is 0 Å². The van der Waals surface area contributed by atoms with Crippen molar-refractivity contribution in [2.45, 2.75) is 19.3 Å². The molecule has 0 atom stereocenters. The Morgan fingerprint density at radius 1 is 1.00 bits per heavy atom. The van der Waals surface area contributed by atoms with Gasteiger partial charge < -0.3 is 10.2 Å². The molecule has 5 heteroatoms. The minimum atomic E-state index is -0.179. The van der Waals surface area contributed by atoms with E-state index in [4.69, 9.17) is 11.6 Å². The van der Waals surface area contributed by atoms with Gasteiger partial charge in [0.25, 0.3) is 5.91 Å². The van der Waals surface area contributed by atoms with E-state index in [9.17, 15) is 4.79 Å². The molecule has 0 saturated carbocycles. The molecular formula is C21H20ClN3O. The number of fused-ring (bicyclic) bond motifs is 1. The molecule has 4 rings (SSSR count). The van der Waals surface area contributed by atoms with Crippen LogP contribution in [-0.2, 0) is 0 Å². The predicted octanol–water partition coefficient (Wildman–Crippen LogP) is 5.13.